The van der Waals surface area contributed by atoms with E-state index in [0.717, 1.165) is 25.0 Å². The summed E-state index contributed by atoms with van der Waals surface area (Å²) in [5, 5.41) is 0. The highest BCUT2D eigenvalue weighted by Crippen LogP contribution is 2.33. The fourth-order valence-corrected chi connectivity index (χ4v) is 2.18. The van der Waals surface area contributed by atoms with Crippen LogP contribution >= 0.6 is 28.3 Å². The maximum absolute atomic E-state index is 12.6. The highest BCUT2D eigenvalue weighted by atomic mass is 79.9. The SMILES string of the molecule is Cl.NCCCC[C@H](N)c1cc(Br)cc(C(F)(F)F)c1. The van der Waals surface area contributed by atoms with Gasteiger partial charge in [0.05, 0.1) is 5.56 Å². The van der Waals surface area contributed by atoms with Crippen molar-refractivity contribution in [2.75, 3.05) is 6.54 Å². The van der Waals surface area contributed by atoms with Crippen LogP contribution in [0.3, 0.4) is 0 Å². The van der Waals surface area contributed by atoms with Gasteiger partial charge in [-0.25, -0.2) is 0 Å². The second-order valence-electron chi connectivity index (χ2n) is 4.16. The quantitative estimate of drug-likeness (QED) is 0.778. The van der Waals surface area contributed by atoms with Gasteiger partial charge in [0.2, 0.25) is 0 Å². The van der Waals surface area contributed by atoms with Crippen LogP contribution in [0.15, 0.2) is 22.7 Å². The molecule has 1 aromatic carbocycles. The van der Waals surface area contributed by atoms with Crippen molar-refractivity contribution >= 4 is 28.3 Å². The molecule has 1 atom stereocenters. The zero-order valence-corrected chi connectivity index (χ0v) is 12.6. The smallest absolute Gasteiger partial charge is 0.330 e. The van der Waals surface area contributed by atoms with Crippen LogP contribution in [0, 0.1) is 0 Å². The van der Waals surface area contributed by atoms with Gasteiger partial charge in [0, 0.05) is 10.5 Å². The molecule has 0 aliphatic heterocycles. The molecule has 0 bridgehead atoms. The van der Waals surface area contributed by atoms with E-state index in [4.69, 9.17) is 11.5 Å². The minimum absolute atomic E-state index is 0. The molecule has 2 nitrogen and oxygen atoms in total. The largest absolute Gasteiger partial charge is 0.416 e. The van der Waals surface area contributed by atoms with E-state index < -0.39 is 17.8 Å². The number of unbranched alkanes of at least 4 members (excludes halogenated alkanes) is 1. The first-order valence-electron chi connectivity index (χ1n) is 5.68. The lowest BCUT2D eigenvalue weighted by atomic mass is 10.00. The van der Waals surface area contributed by atoms with Crippen molar-refractivity contribution in [3.05, 3.63) is 33.8 Å². The summed E-state index contributed by atoms with van der Waals surface area (Å²) in [6.45, 7) is 0.568. The molecule has 1 aromatic rings. The monoisotopic (exact) mass is 360 g/mol. The van der Waals surface area contributed by atoms with Crippen LogP contribution in [0.1, 0.15) is 36.4 Å². The first-order chi connectivity index (χ1) is 8.34. The van der Waals surface area contributed by atoms with Crippen molar-refractivity contribution in [3.63, 3.8) is 0 Å². The number of benzene rings is 1. The molecule has 1 rings (SSSR count). The Bertz CT molecular complexity index is 399. The predicted molar refractivity (Wildman–Crippen MR) is 76.2 cm³/mol. The molecule has 0 aromatic heterocycles. The van der Waals surface area contributed by atoms with E-state index in [-0.39, 0.29) is 12.4 Å². The molecular formula is C12H17BrClF3N2. The first-order valence-corrected chi connectivity index (χ1v) is 6.47. The number of alkyl halides is 3. The van der Waals surface area contributed by atoms with Crippen molar-refractivity contribution in [3.8, 4) is 0 Å². The minimum Gasteiger partial charge on any atom is -0.330 e. The fraction of sp³-hybridized carbons (Fsp3) is 0.500. The van der Waals surface area contributed by atoms with Crippen LogP contribution in [0.2, 0.25) is 0 Å². The van der Waals surface area contributed by atoms with Gasteiger partial charge in [-0.1, -0.05) is 22.4 Å². The van der Waals surface area contributed by atoms with Crippen LogP contribution in [0.4, 0.5) is 13.2 Å². The van der Waals surface area contributed by atoms with Gasteiger partial charge in [-0.05, 0) is 43.1 Å². The van der Waals surface area contributed by atoms with Gasteiger partial charge in [0.15, 0.2) is 0 Å². The minimum atomic E-state index is -4.35. The van der Waals surface area contributed by atoms with E-state index in [1.54, 1.807) is 6.07 Å². The van der Waals surface area contributed by atoms with Crippen molar-refractivity contribution in [2.45, 2.75) is 31.5 Å². The van der Waals surface area contributed by atoms with Crippen molar-refractivity contribution in [1.82, 2.24) is 0 Å². The molecular weight excluding hydrogens is 344 g/mol. The molecule has 110 valence electrons. The lowest BCUT2D eigenvalue weighted by Gasteiger charge is -2.15. The molecule has 0 aliphatic carbocycles. The molecule has 0 aliphatic rings. The summed E-state index contributed by atoms with van der Waals surface area (Å²) in [5.74, 6) is 0. The van der Waals surface area contributed by atoms with Gasteiger partial charge in [-0.15, -0.1) is 12.4 Å². The summed E-state index contributed by atoms with van der Waals surface area (Å²) in [5.41, 5.74) is 11.1. The van der Waals surface area contributed by atoms with Gasteiger partial charge >= 0.3 is 6.18 Å². The Balaban J connectivity index is 0.00000324. The number of hydrogen-bond acceptors (Lipinski definition) is 2. The van der Waals surface area contributed by atoms with E-state index in [1.165, 1.54) is 0 Å². The summed E-state index contributed by atoms with van der Waals surface area (Å²) >= 11 is 3.08. The Morgan fingerprint density at radius 1 is 1.16 bits per heavy atom. The number of hydrogen-bond donors (Lipinski definition) is 2. The third kappa shape index (κ3) is 6.12. The first kappa shape index (κ1) is 18.7. The van der Waals surface area contributed by atoms with E-state index in [1.807, 2.05) is 0 Å². The molecule has 7 heteroatoms. The summed E-state index contributed by atoms with van der Waals surface area (Å²) < 4.78 is 38.3. The number of nitrogens with two attached hydrogens (primary N) is 2. The summed E-state index contributed by atoms with van der Waals surface area (Å²) in [6, 6.07) is 3.39. The van der Waals surface area contributed by atoms with Crippen molar-refractivity contribution < 1.29 is 13.2 Å². The highest BCUT2D eigenvalue weighted by molar-refractivity contribution is 9.10. The molecule has 0 saturated carbocycles. The average Bonchev–Trinajstić information content (AvgIpc) is 2.27. The number of halogens is 5. The van der Waals surface area contributed by atoms with Gasteiger partial charge in [-0.2, -0.15) is 13.2 Å². The normalized spacial score (nSPS) is 12.9. The van der Waals surface area contributed by atoms with Gasteiger partial charge in [0.1, 0.15) is 0 Å². The zero-order chi connectivity index (χ0) is 13.8. The number of rotatable bonds is 5. The predicted octanol–water partition coefficient (Wildman–Crippen LogP) is 4.02. The molecule has 4 N–H and O–H groups in total. The molecule has 0 amide bonds. The standard InChI is InChI=1S/C12H16BrF3N2.ClH/c13-10-6-8(11(18)3-1-2-4-17)5-9(7-10)12(14,15)16;/h5-7,11H,1-4,17-18H2;1H/t11-;/m0./s1. The zero-order valence-electron chi connectivity index (χ0n) is 10.2. The third-order valence-corrected chi connectivity index (χ3v) is 3.10. The van der Waals surface area contributed by atoms with Gasteiger partial charge in [0.25, 0.3) is 0 Å². The second-order valence-corrected chi connectivity index (χ2v) is 5.08. The maximum atomic E-state index is 12.6. The molecule has 0 spiro atoms. The molecule has 0 heterocycles. The third-order valence-electron chi connectivity index (χ3n) is 2.64. The molecule has 0 fully saturated rings. The summed E-state index contributed by atoms with van der Waals surface area (Å²) in [4.78, 5) is 0. The van der Waals surface area contributed by atoms with Crippen LogP contribution in [-0.4, -0.2) is 6.54 Å². The Morgan fingerprint density at radius 3 is 2.32 bits per heavy atom. The van der Waals surface area contributed by atoms with Crippen LogP contribution in [0.25, 0.3) is 0 Å². The molecule has 0 unspecified atom stereocenters. The molecule has 0 saturated heterocycles. The highest BCUT2D eigenvalue weighted by Gasteiger charge is 2.31. The van der Waals surface area contributed by atoms with E-state index in [9.17, 15) is 13.2 Å². The van der Waals surface area contributed by atoms with Crippen LogP contribution in [0.5, 0.6) is 0 Å². The second kappa shape index (κ2) is 8.09. The van der Waals surface area contributed by atoms with Crippen molar-refractivity contribution in [2.24, 2.45) is 11.5 Å². The van der Waals surface area contributed by atoms with Gasteiger partial charge in [-0.3, -0.25) is 0 Å². The average molecular weight is 362 g/mol. The van der Waals surface area contributed by atoms with Crippen LogP contribution < -0.4 is 11.5 Å². The lowest BCUT2D eigenvalue weighted by Crippen LogP contribution is -2.13. The molecule has 19 heavy (non-hydrogen) atoms. The topological polar surface area (TPSA) is 52.0 Å². The maximum Gasteiger partial charge on any atom is 0.416 e. The fourth-order valence-electron chi connectivity index (χ4n) is 1.67. The summed E-state index contributed by atoms with van der Waals surface area (Å²) in [7, 11) is 0. The molecule has 0 radical (unpaired) electrons. The van der Waals surface area contributed by atoms with E-state index >= 15 is 0 Å². The van der Waals surface area contributed by atoms with E-state index in [2.05, 4.69) is 15.9 Å². The lowest BCUT2D eigenvalue weighted by molar-refractivity contribution is -0.137. The summed E-state index contributed by atoms with van der Waals surface area (Å²) in [6.07, 6.45) is -2.08. The Morgan fingerprint density at radius 2 is 1.79 bits per heavy atom. The Kier molecular flexibility index (Phi) is 7.96. The Labute approximate surface area is 125 Å². The van der Waals surface area contributed by atoms with E-state index in [0.29, 0.717) is 23.0 Å². The van der Waals surface area contributed by atoms with Crippen LogP contribution in [-0.2, 0) is 6.18 Å². The van der Waals surface area contributed by atoms with Crippen molar-refractivity contribution in [1.29, 1.82) is 0 Å². The van der Waals surface area contributed by atoms with Gasteiger partial charge < -0.3 is 11.5 Å². The Hall–Kier alpha value is -0.300.